The number of benzene rings is 2. The molecule has 20 heavy (non-hydrogen) atoms. The van der Waals surface area contributed by atoms with E-state index in [9.17, 15) is 0 Å². The first-order valence-corrected chi connectivity index (χ1v) is 6.55. The summed E-state index contributed by atoms with van der Waals surface area (Å²) >= 11 is 0. The molecule has 3 rings (SSSR count). The van der Waals surface area contributed by atoms with Crippen molar-refractivity contribution in [3.05, 3.63) is 66.7 Å². The normalized spacial score (nSPS) is 10.2. The van der Waals surface area contributed by atoms with E-state index in [0.29, 0.717) is 0 Å². The number of nitrogens with zero attached hydrogens (tertiary/aromatic N) is 2. The van der Waals surface area contributed by atoms with Crippen molar-refractivity contribution in [3.63, 3.8) is 0 Å². The van der Waals surface area contributed by atoms with Gasteiger partial charge in [0.2, 0.25) is 0 Å². The molecule has 98 valence electrons. The molecule has 0 saturated heterocycles. The van der Waals surface area contributed by atoms with E-state index in [1.807, 2.05) is 49.5 Å². The first-order valence-electron chi connectivity index (χ1n) is 6.55. The SMILES string of the molecule is CNc1cc(-c2ccccc2)c(-c2ccccc2)nn1. The van der Waals surface area contributed by atoms with Gasteiger partial charge in [0.1, 0.15) is 11.5 Å². The lowest BCUT2D eigenvalue weighted by molar-refractivity contribution is 1.04. The van der Waals surface area contributed by atoms with Crippen LogP contribution >= 0.6 is 0 Å². The maximum atomic E-state index is 4.38. The average Bonchev–Trinajstić information content (AvgIpc) is 2.56. The summed E-state index contributed by atoms with van der Waals surface area (Å²) in [5.74, 6) is 0.767. The Morgan fingerprint density at radius 2 is 1.35 bits per heavy atom. The van der Waals surface area contributed by atoms with Crippen molar-refractivity contribution in [2.45, 2.75) is 0 Å². The molecule has 0 spiro atoms. The van der Waals surface area contributed by atoms with Gasteiger partial charge in [-0.05, 0) is 11.6 Å². The molecule has 0 atom stereocenters. The molecule has 2 aromatic carbocycles. The predicted octanol–water partition coefficient (Wildman–Crippen LogP) is 3.85. The third-order valence-corrected chi connectivity index (χ3v) is 3.18. The largest absolute Gasteiger partial charge is 0.372 e. The number of hydrogen-bond donors (Lipinski definition) is 1. The summed E-state index contributed by atoms with van der Waals surface area (Å²) in [5.41, 5.74) is 4.19. The van der Waals surface area contributed by atoms with Gasteiger partial charge >= 0.3 is 0 Å². The van der Waals surface area contributed by atoms with Crippen LogP contribution < -0.4 is 5.32 Å². The van der Waals surface area contributed by atoms with Crippen molar-refractivity contribution in [3.8, 4) is 22.4 Å². The predicted molar refractivity (Wildman–Crippen MR) is 82.5 cm³/mol. The standard InChI is InChI=1S/C17H15N3/c1-18-16-12-15(13-8-4-2-5-9-13)17(20-19-16)14-10-6-3-7-11-14/h2-12H,1H3,(H,18,19). The smallest absolute Gasteiger partial charge is 0.149 e. The number of nitrogens with one attached hydrogen (secondary N) is 1. The van der Waals surface area contributed by atoms with E-state index in [2.05, 4.69) is 39.8 Å². The minimum atomic E-state index is 0.767. The molecule has 1 N–H and O–H groups in total. The highest BCUT2D eigenvalue weighted by molar-refractivity contribution is 5.81. The fraction of sp³-hybridized carbons (Fsp3) is 0.0588. The van der Waals surface area contributed by atoms with E-state index in [-0.39, 0.29) is 0 Å². The highest BCUT2D eigenvalue weighted by atomic mass is 15.2. The number of rotatable bonds is 3. The zero-order chi connectivity index (χ0) is 13.8. The molecule has 0 unspecified atom stereocenters. The summed E-state index contributed by atoms with van der Waals surface area (Å²) in [6, 6.07) is 22.4. The molecule has 0 saturated carbocycles. The summed E-state index contributed by atoms with van der Waals surface area (Å²) in [7, 11) is 1.85. The van der Waals surface area contributed by atoms with Crippen LogP contribution in [-0.2, 0) is 0 Å². The maximum absolute atomic E-state index is 4.38. The third kappa shape index (κ3) is 2.38. The van der Waals surface area contributed by atoms with Gasteiger partial charge in [-0.3, -0.25) is 0 Å². The Balaban J connectivity index is 2.20. The van der Waals surface area contributed by atoms with Gasteiger partial charge in [-0.1, -0.05) is 60.7 Å². The zero-order valence-electron chi connectivity index (χ0n) is 11.2. The molecule has 3 aromatic rings. The third-order valence-electron chi connectivity index (χ3n) is 3.18. The lowest BCUT2D eigenvalue weighted by atomic mass is 10.00. The van der Waals surface area contributed by atoms with Crippen molar-refractivity contribution in [2.75, 3.05) is 12.4 Å². The Bertz CT molecular complexity index is 694. The molecule has 3 heteroatoms. The molecule has 1 heterocycles. The van der Waals surface area contributed by atoms with Crippen LogP contribution in [-0.4, -0.2) is 17.2 Å². The van der Waals surface area contributed by atoms with Crippen LogP contribution in [0.25, 0.3) is 22.4 Å². The molecule has 1 aromatic heterocycles. The molecule has 3 nitrogen and oxygen atoms in total. The van der Waals surface area contributed by atoms with E-state index in [0.717, 1.165) is 28.2 Å². The molecular weight excluding hydrogens is 246 g/mol. The molecule has 0 radical (unpaired) electrons. The van der Waals surface area contributed by atoms with E-state index < -0.39 is 0 Å². The van der Waals surface area contributed by atoms with Crippen molar-refractivity contribution in [2.24, 2.45) is 0 Å². The van der Waals surface area contributed by atoms with Gasteiger partial charge in [0.15, 0.2) is 0 Å². The van der Waals surface area contributed by atoms with Gasteiger partial charge in [-0.15, -0.1) is 10.2 Å². The van der Waals surface area contributed by atoms with Crippen molar-refractivity contribution >= 4 is 5.82 Å². The van der Waals surface area contributed by atoms with E-state index in [1.165, 1.54) is 0 Å². The lowest BCUT2D eigenvalue weighted by Crippen LogP contribution is -1.98. The van der Waals surface area contributed by atoms with Crippen LogP contribution in [0.15, 0.2) is 66.7 Å². The second kappa shape index (κ2) is 5.53. The second-order valence-electron chi connectivity index (χ2n) is 4.47. The summed E-state index contributed by atoms with van der Waals surface area (Å²) in [5, 5.41) is 11.6. The molecule has 0 aliphatic heterocycles. The van der Waals surface area contributed by atoms with Crippen LogP contribution in [0.1, 0.15) is 0 Å². The highest BCUT2D eigenvalue weighted by Crippen LogP contribution is 2.30. The lowest BCUT2D eigenvalue weighted by Gasteiger charge is -2.10. The van der Waals surface area contributed by atoms with Crippen LogP contribution in [0.4, 0.5) is 5.82 Å². The summed E-state index contributed by atoms with van der Waals surface area (Å²) in [6.07, 6.45) is 0. The Hall–Kier alpha value is -2.68. The minimum Gasteiger partial charge on any atom is -0.372 e. The molecule has 0 bridgehead atoms. The topological polar surface area (TPSA) is 37.8 Å². The Kier molecular flexibility index (Phi) is 3.42. The first kappa shape index (κ1) is 12.4. The van der Waals surface area contributed by atoms with Gasteiger partial charge in [0.05, 0.1) is 0 Å². The van der Waals surface area contributed by atoms with Crippen LogP contribution in [0, 0.1) is 0 Å². The van der Waals surface area contributed by atoms with Gasteiger partial charge in [-0.2, -0.15) is 0 Å². The van der Waals surface area contributed by atoms with Crippen LogP contribution in [0.5, 0.6) is 0 Å². The van der Waals surface area contributed by atoms with Gasteiger partial charge in [0.25, 0.3) is 0 Å². The Labute approximate surface area is 118 Å². The van der Waals surface area contributed by atoms with Gasteiger partial charge in [0, 0.05) is 18.2 Å². The quantitative estimate of drug-likeness (QED) is 0.778. The highest BCUT2D eigenvalue weighted by Gasteiger charge is 2.10. The maximum Gasteiger partial charge on any atom is 0.149 e. The summed E-state index contributed by atoms with van der Waals surface area (Å²) < 4.78 is 0. The number of hydrogen-bond acceptors (Lipinski definition) is 3. The number of aromatic nitrogens is 2. The van der Waals surface area contributed by atoms with Gasteiger partial charge < -0.3 is 5.32 Å². The summed E-state index contributed by atoms with van der Waals surface area (Å²) in [4.78, 5) is 0. The second-order valence-corrected chi connectivity index (χ2v) is 4.47. The monoisotopic (exact) mass is 261 g/mol. The molecular formula is C17H15N3. The molecule has 0 amide bonds. The van der Waals surface area contributed by atoms with Crippen LogP contribution in [0.2, 0.25) is 0 Å². The van der Waals surface area contributed by atoms with E-state index in [1.54, 1.807) is 0 Å². The number of anilines is 1. The average molecular weight is 261 g/mol. The Morgan fingerprint density at radius 1 is 0.750 bits per heavy atom. The van der Waals surface area contributed by atoms with E-state index in [4.69, 9.17) is 0 Å². The Morgan fingerprint density at radius 3 is 1.95 bits per heavy atom. The molecule has 0 aliphatic rings. The fourth-order valence-electron chi connectivity index (χ4n) is 2.16. The fourth-order valence-corrected chi connectivity index (χ4v) is 2.16. The molecule has 0 aliphatic carbocycles. The van der Waals surface area contributed by atoms with Crippen molar-refractivity contribution in [1.29, 1.82) is 0 Å². The van der Waals surface area contributed by atoms with Crippen molar-refractivity contribution in [1.82, 2.24) is 10.2 Å². The van der Waals surface area contributed by atoms with Crippen molar-refractivity contribution < 1.29 is 0 Å². The summed E-state index contributed by atoms with van der Waals surface area (Å²) in [6.45, 7) is 0. The van der Waals surface area contributed by atoms with E-state index >= 15 is 0 Å². The molecule has 0 fully saturated rings. The minimum absolute atomic E-state index is 0.767. The van der Waals surface area contributed by atoms with Crippen LogP contribution in [0.3, 0.4) is 0 Å². The van der Waals surface area contributed by atoms with Gasteiger partial charge in [-0.25, -0.2) is 0 Å². The zero-order valence-corrected chi connectivity index (χ0v) is 11.2. The first-order chi connectivity index (χ1) is 9.88.